The van der Waals surface area contributed by atoms with Crippen LogP contribution in [0.2, 0.25) is 0 Å². The highest BCUT2D eigenvalue weighted by Gasteiger charge is 2.26. The quantitative estimate of drug-likeness (QED) is 0.494. The number of likely N-dealkylation sites (tertiary alicyclic amines) is 1. The van der Waals surface area contributed by atoms with E-state index in [1.54, 1.807) is 16.8 Å². The standard InChI is InChI=1S/C22H26F2N8/c1-3-30-8-7-17(14(2)12-30)26-22-25-11-20-16(6-9-31(20)28-22)15-4-5-18-19(10-15)32(29-27-18)13-21(23)24/h4-6,9-11,14,17,21H,3,7-8,12-13H2,1-2H3,(H,26,28)/t14-,17+/m1/s1. The molecule has 10 heteroatoms. The Bertz CT molecular complexity index is 1230. The molecule has 168 valence electrons. The monoisotopic (exact) mass is 440 g/mol. The van der Waals surface area contributed by atoms with Gasteiger partial charge >= 0.3 is 0 Å². The summed E-state index contributed by atoms with van der Waals surface area (Å²) in [5, 5.41) is 16.0. The molecule has 1 saturated heterocycles. The second-order valence-corrected chi connectivity index (χ2v) is 8.42. The van der Waals surface area contributed by atoms with E-state index in [1.807, 2.05) is 24.4 Å². The van der Waals surface area contributed by atoms with E-state index in [9.17, 15) is 8.78 Å². The number of aromatic nitrogens is 6. The number of anilines is 1. The highest BCUT2D eigenvalue weighted by molar-refractivity contribution is 5.87. The Morgan fingerprint density at radius 1 is 1.22 bits per heavy atom. The first kappa shape index (κ1) is 20.7. The number of benzene rings is 1. The number of halogens is 2. The van der Waals surface area contributed by atoms with Crippen molar-refractivity contribution < 1.29 is 8.78 Å². The van der Waals surface area contributed by atoms with Gasteiger partial charge in [-0.15, -0.1) is 10.2 Å². The number of rotatable bonds is 6. The fraction of sp³-hybridized carbons (Fsp3) is 0.455. The van der Waals surface area contributed by atoms with Gasteiger partial charge in [0.05, 0.1) is 17.2 Å². The van der Waals surface area contributed by atoms with Crippen molar-refractivity contribution in [3.8, 4) is 11.1 Å². The molecule has 0 bridgehead atoms. The first-order chi connectivity index (χ1) is 15.5. The minimum absolute atomic E-state index is 0.343. The van der Waals surface area contributed by atoms with Crippen molar-refractivity contribution in [3.63, 3.8) is 0 Å². The summed E-state index contributed by atoms with van der Waals surface area (Å²) >= 11 is 0. The van der Waals surface area contributed by atoms with Crippen LogP contribution in [-0.2, 0) is 6.54 Å². The van der Waals surface area contributed by atoms with Crippen LogP contribution >= 0.6 is 0 Å². The third-order valence-corrected chi connectivity index (χ3v) is 6.30. The van der Waals surface area contributed by atoms with Gasteiger partial charge in [0, 0.05) is 30.9 Å². The van der Waals surface area contributed by atoms with Crippen molar-refractivity contribution in [2.24, 2.45) is 5.92 Å². The zero-order valence-electron chi connectivity index (χ0n) is 18.1. The molecule has 1 N–H and O–H groups in total. The van der Waals surface area contributed by atoms with Gasteiger partial charge in [0.15, 0.2) is 0 Å². The molecule has 8 nitrogen and oxygen atoms in total. The van der Waals surface area contributed by atoms with Crippen LogP contribution in [0.5, 0.6) is 0 Å². The normalized spacial score (nSPS) is 19.9. The molecule has 0 radical (unpaired) electrons. The van der Waals surface area contributed by atoms with E-state index in [2.05, 4.69) is 44.5 Å². The van der Waals surface area contributed by atoms with E-state index >= 15 is 0 Å². The third kappa shape index (κ3) is 3.90. The number of piperidine rings is 1. The van der Waals surface area contributed by atoms with Gasteiger partial charge < -0.3 is 10.2 Å². The van der Waals surface area contributed by atoms with Gasteiger partial charge in [0.25, 0.3) is 6.43 Å². The van der Waals surface area contributed by atoms with Crippen molar-refractivity contribution in [2.45, 2.75) is 39.3 Å². The van der Waals surface area contributed by atoms with Gasteiger partial charge in [-0.2, -0.15) is 0 Å². The second kappa shape index (κ2) is 8.42. The molecule has 4 aromatic rings. The lowest BCUT2D eigenvalue weighted by atomic mass is 9.94. The zero-order chi connectivity index (χ0) is 22.2. The Hall–Kier alpha value is -3.14. The molecule has 0 aliphatic carbocycles. The summed E-state index contributed by atoms with van der Waals surface area (Å²) < 4.78 is 28.8. The van der Waals surface area contributed by atoms with Crippen LogP contribution in [0.15, 0.2) is 36.7 Å². The lowest BCUT2D eigenvalue weighted by Crippen LogP contribution is -2.45. The molecule has 0 saturated carbocycles. The average molecular weight is 441 g/mol. The maximum atomic E-state index is 12.9. The average Bonchev–Trinajstić information content (AvgIpc) is 3.38. The van der Waals surface area contributed by atoms with Crippen molar-refractivity contribution in [3.05, 3.63) is 36.7 Å². The number of hydrogen-bond donors (Lipinski definition) is 1. The Balaban J connectivity index is 1.41. The molecule has 1 fully saturated rings. The number of hydrogen-bond acceptors (Lipinski definition) is 6. The zero-order valence-corrected chi connectivity index (χ0v) is 18.1. The summed E-state index contributed by atoms with van der Waals surface area (Å²) in [6.45, 7) is 7.20. The summed E-state index contributed by atoms with van der Waals surface area (Å²) in [6, 6.07) is 7.84. The summed E-state index contributed by atoms with van der Waals surface area (Å²) in [5.41, 5.74) is 3.81. The van der Waals surface area contributed by atoms with E-state index in [4.69, 9.17) is 0 Å². The SMILES string of the molecule is CCN1CC[C@H](Nc2ncc3c(-c4ccc5nnn(CC(F)F)c5c4)ccn3n2)[C@H](C)C1. The van der Waals surface area contributed by atoms with Crippen LogP contribution in [0, 0.1) is 5.92 Å². The van der Waals surface area contributed by atoms with E-state index in [0.29, 0.717) is 28.9 Å². The van der Waals surface area contributed by atoms with E-state index < -0.39 is 13.0 Å². The number of fused-ring (bicyclic) bond motifs is 2. The van der Waals surface area contributed by atoms with Crippen LogP contribution < -0.4 is 5.32 Å². The molecule has 5 rings (SSSR count). The van der Waals surface area contributed by atoms with Crippen molar-refractivity contribution in [2.75, 3.05) is 25.0 Å². The Morgan fingerprint density at radius 3 is 2.88 bits per heavy atom. The maximum absolute atomic E-state index is 12.9. The number of nitrogens with zero attached hydrogens (tertiary/aromatic N) is 7. The fourth-order valence-corrected chi connectivity index (χ4v) is 4.51. The van der Waals surface area contributed by atoms with Crippen LogP contribution in [0.1, 0.15) is 20.3 Å². The largest absolute Gasteiger partial charge is 0.350 e. The van der Waals surface area contributed by atoms with Gasteiger partial charge in [-0.25, -0.2) is 23.0 Å². The van der Waals surface area contributed by atoms with E-state index in [1.165, 1.54) is 4.68 Å². The van der Waals surface area contributed by atoms with E-state index in [-0.39, 0.29) is 0 Å². The lowest BCUT2D eigenvalue weighted by Gasteiger charge is -2.36. The molecule has 0 unspecified atom stereocenters. The summed E-state index contributed by atoms with van der Waals surface area (Å²) in [6.07, 6.45) is 2.26. The minimum atomic E-state index is -2.49. The minimum Gasteiger partial charge on any atom is -0.350 e. The van der Waals surface area contributed by atoms with Crippen molar-refractivity contribution >= 4 is 22.5 Å². The molecule has 2 atom stereocenters. The maximum Gasteiger partial charge on any atom is 0.258 e. The molecule has 4 heterocycles. The molecular formula is C22H26F2N8. The molecule has 0 amide bonds. The Kier molecular flexibility index (Phi) is 5.46. The van der Waals surface area contributed by atoms with Gasteiger partial charge in [-0.3, -0.25) is 0 Å². The van der Waals surface area contributed by atoms with Crippen LogP contribution in [0.3, 0.4) is 0 Å². The first-order valence-electron chi connectivity index (χ1n) is 11.0. The molecule has 3 aromatic heterocycles. The molecule has 32 heavy (non-hydrogen) atoms. The predicted molar refractivity (Wildman–Crippen MR) is 119 cm³/mol. The van der Waals surface area contributed by atoms with Crippen LogP contribution in [0.4, 0.5) is 14.7 Å². The molecule has 1 aliphatic heterocycles. The fourth-order valence-electron chi connectivity index (χ4n) is 4.51. The number of nitrogens with one attached hydrogen (secondary N) is 1. The molecule has 1 aliphatic rings. The third-order valence-electron chi connectivity index (χ3n) is 6.30. The van der Waals surface area contributed by atoms with Crippen molar-refractivity contribution in [1.82, 2.24) is 34.5 Å². The summed E-state index contributed by atoms with van der Waals surface area (Å²) in [5.74, 6) is 1.12. The Morgan fingerprint density at radius 2 is 2.09 bits per heavy atom. The van der Waals surface area contributed by atoms with Crippen LogP contribution in [0.25, 0.3) is 27.7 Å². The molecule has 1 aromatic carbocycles. The first-order valence-corrected chi connectivity index (χ1v) is 11.0. The van der Waals surface area contributed by atoms with Gasteiger partial charge in [-0.05, 0) is 42.6 Å². The molecular weight excluding hydrogens is 414 g/mol. The lowest BCUT2D eigenvalue weighted by molar-refractivity contribution is 0.122. The van der Waals surface area contributed by atoms with E-state index in [0.717, 1.165) is 42.7 Å². The van der Waals surface area contributed by atoms with Gasteiger partial charge in [0.1, 0.15) is 12.1 Å². The van der Waals surface area contributed by atoms with Crippen LogP contribution in [-0.4, -0.2) is 66.6 Å². The number of alkyl halides is 2. The summed E-state index contributed by atoms with van der Waals surface area (Å²) in [4.78, 5) is 7.02. The summed E-state index contributed by atoms with van der Waals surface area (Å²) in [7, 11) is 0. The smallest absolute Gasteiger partial charge is 0.258 e. The topological polar surface area (TPSA) is 76.2 Å². The highest BCUT2D eigenvalue weighted by atomic mass is 19.3. The highest BCUT2D eigenvalue weighted by Crippen LogP contribution is 2.28. The van der Waals surface area contributed by atoms with Gasteiger partial charge in [0.2, 0.25) is 5.95 Å². The predicted octanol–water partition coefficient (Wildman–Crippen LogP) is 3.55. The molecule has 0 spiro atoms. The second-order valence-electron chi connectivity index (χ2n) is 8.42. The Labute approximate surface area is 184 Å². The van der Waals surface area contributed by atoms with Crippen molar-refractivity contribution in [1.29, 1.82) is 0 Å². The van der Waals surface area contributed by atoms with Gasteiger partial charge in [-0.1, -0.05) is 25.1 Å².